The van der Waals surface area contributed by atoms with Crippen molar-refractivity contribution in [2.45, 2.75) is 6.92 Å². The zero-order valence-electron chi connectivity index (χ0n) is 10.7. The summed E-state index contributed by atoms with van der Waals surface area (Å²) in [6.45, 7) is 1.13. The van der Waals surface area contributed by atoms with Crippen molar-refractivity contribution in [3.63, 3.8) is 0 Å². The predicted molar refractivity (Wildman–Crippen MR) is 69.2 cm³/mol. The molecule has 114 valence electrons. The first kappa shape index (κ1) is 14.9. The molecule has 0 spiro atoms. The summed E-state index contributed by atoms with van der Waals surface area (Å²) < 4.78 is 4.58. The molecule has 0 amide bonds. The van der Waals surface area contributed by atoms with Gasteiger partial charge in [0.1, 0.15) is 5.56 Å². The van der Waals surface area contributed by atoms with E-state index in [2.05, 4.69) is 4.42 Å². The van der Waals surface area contributed by atoms with Crippen molar-refractivity contribution in [3.8, 4) is 5.75 Å². The quantitative estimate of drug-likeness (QED) is 0.481. The summed E-state index contributed by atoms with van der Waals surface area (Å²) in [7, 11) is 0. The smallest absolute Gasteiger partial charge is 0.360 e. The van der Waals surface area contributed by atoms with Gasteiger partial charge in [0, 0.05) is 10.9 Å². The normalized spacial score (nSPS) is 10.6. The van der Waals surface area contributed by atoms with Crippen molar-refractivity contribution in [2.24, 2.45) is 0 Å². The molecule has 0 bridgehead atoms. The van der Waals surface area contributed by atoms with Gasteiger partial charge in [-0.05, 0) is 13.0 Å². The van der Waals surface area contributed by atoms with E-state index in [1.807, 2.05) is 0 Å². The Morgan fingerprint density at radius 3 is 2.23 bits per heavy atom. The fraction of sp³-hybridized carbons (Fsp3) is 0.0909. The molecular formula is C11H6N2O9. The number of carboxylic acid groups (broad SMARTS) is 1. The van der Waals surface area contributed by atoms with Gasteiger partial charge in [0.15, 0.2) is 0 Å². The second-order valence-corrected chi connectivity index (χ2v) is 4.18. The van der Waals surface area contributed by atoms with E-state index in [1.54, 1.807) is 0 Å². The van der Waals surface area contributed by atoms with E-state index in [4.69, 9.17) is 5.11 Å². The number of hydrogen-bond acceptors (Lipinski definition) is 8. The first-order valence-corrected chi connectivity index (χ1v) is 5.52. The molecule has 2 N–H and O–H groups in total. The molecule has 0 fully saturated rings. The second kappa shape index (κ2) is 4.80. The van der Waals surface area contributed by atoms with Crippen LogP contribution in [0.3, 0.4) is 0 Å². The Morgan fingerprint density at radius 1 is 1.23 bits per heavy atom. The van der Waals surface area contributed by atoms with Crippen LogP contribution in [0.25, 0.3) is 11.0 Å². The number of aromatic carboxylic acids is 1. The van der Waals surface area contributed by atoms with E-state index in [0.717, 1.165) is 13.0 Å². The molecule has 22 heavy (non-hydrogen) atoms. The van der Waals surface area contributed by atoms with Crippen LogP contribution in [0.4, 0.5) is 11.4 Å². The zero-order valence-corrected chi connectivity index (χ0v) is 10.7. The minimum Gasteiger partial charge on any atom is -0.497 e. The number of aromatic hydroxyl groups is 1. The lowest BCUT2D eigenvalue weighted by atomic mass is 10.0. The molecule has 0 saturated heterocycles. The summed E-state index contributed by atoms with van der Waals surface area (Å²) in [5, 5.41) is 40.2. The molecule has 0 unspecified atom stereocenters. The topological polar surface area (TPSA) is 174 Å². The third-order valence-electron chi connectivity index (χ3n) is 2.97. The number of nitrogens with zero attached hydrogens (tertiary/aromatic N) is 2. The van der Waals surface area contributed by atoms with Crippen LogP contribution in [0.15, 0.2) is 15.3 Å². The van der Waals surface area contributed by atoms with Crippen molar-refractivity contribution < 1.29 is 29.3 Å². The highest BCUT2D eigenvalue weighted by Gasteiger charge is 2.34. The number of carboxylic acids is 1. The lowest BCUT2D eigenvalue weighted by Crippen LogP contribution is -2.14. The highest BCUT2D eigenvalue weighted by molar-refractivity contribution is 5.99. The number of fused-ring (bicyclic) bond motifs is 1. The molecule has 0 aliphatic rings. The monoisotopic (exact) mass is 310 g/mol. The maximum absolute atomic E-state index is 11.5. The van der Waals surface area contributed by atoms with Gasteiger partial charge in [-0.2, -0.15) is 0 Å². The van der Waals surface area contributed by atoms with E-state index in [1.165, 1.54) is 0 Å². The molecule has 2 aromatic rings. The Balaban J connectivity index is 3.15. The lowest BCUT2D eigenvalue weighted by molar-refractivity contribution is -0.395. The number of phenols is 1. The first-order chi connectivity index (χ1) is 10.2. The molecule has 1 heterocycles. The summed E-state index contributed by atoms with van der Waals surface area (Å²) >= 11 is 0. The van der Waals surface area contributed by atoms with Gasteiger partial charge in [0.05, 0.1) is 9.85 Å². The molecular weight excluding hydrogens is 304 g/mol. The molecule has 0 saturated carbocycles. The number of phenolic OH excluding ortho intramolecular Hbond substituents is 1. The molecule has 0 aliphatic heterocycles. The predicted octanol–water partition coefficient (Wildman–Crippen LogP) is 1.32. The Labute approximate surface area is 119 Å². The SMILES string of the molecule is Cc1c([N+](=O)[O-])c(O)c([N+](=O)[O-])c2oc(=O)c(C(=O)O)cc12. The van der Waals surface area contributed by atoms with Crippen LogP contribution >= 0.6 is 0 Å². The number of hydrogen-bond donors (Lipinski definition) is 2. The highest BCUT2D eigenvalue weighted by atomic mass is 16.6. The van der Waals surface area contributed by atoms with Crippen LogP contribution < -0.4 is 5.63 Å². The number of nitro groups is 2. The van der Waals surface area contributed by atoms with Crippen LogP contribution in [-0.4, -0.2) is 26.0 Å². The largest absolute Gasteiger partial charge is 0.497 e. The summed E-state index contributed by atoms with van der Waals surface area (Å²) in [6, 6.07) is 0.734. The van der Waals surface area contributed by atoms with E-state index in [-0.39, 0.29) is 10.9 Å². The van der Waals surface area contributed by atoms with Crippen molar-refractivity contribution in [1.29, 1.82) is 0 Å². The van der Waals surface area contributed by atoms with Crippen LogP contribution in [0.1, 0.15) is 15.9 Å². The molecule has 1 aromatic carbocycles. The van der Waals surface area contributed by atoms with E-state index in [0.29, 0.717) is 0 Å². The third-order valence-corrected chi connectivity index (χ3v) is 2.97. The molecule has 11 heteroatoms. The average molecular weight is 310 g/mol. The highest BCUT2D eigenvalue weighted by Crippen LogP contribution is 2.44. The van der Waals surface area contributed by atoms with Gasteiger partial charge in [0.2, 0.25) is 5.58 Å². The molecule has 11 nitrogen and oxygen atoms in total. The van der Waals surface area contributed by atoms with Crippen LogP contribution in [0.2, 0.25) is 0 Å². The van der Waals surface area contributed by atoms with Gasteiger partial charge in [-0.3, -0.25) is 20.2 Å². The van der Waals surface area contributed by atoms with Gasteiger partial charge in [-0.25, -0.2) is 9.59 Å². The van der Waals surface area contributed by atoms with Crippen molar-refractivity contribution in [3.05, 3.63) is 47.8 Å². The summed E-state index contributed by atoms with van der Waals surface area (Å²) in [5.41, 5.74) is -5.37. The Bertz CT molecular complexity index is 912. The van der Waals surface area contributed by atoms with E-state index < -0.39 is 49.7 Å². The first-order valence-electron chi connectivity index (χ1n) is 5.52. The standard InChI is InChI=1S/C11H6N2O9/c1-3-4-2-5(10(15)16)11(17)22-9(4)7(13(20)21)8(14)6(3)12(18)19/h2,14H,1H3,(H,15,16). The average Bonchev–Trinajstić information content (AvgIpc) is 2.36. The Kier molecular flexibility index (Phi) is 3.25. The maximum Gasteiger partial charge on any atom is 0.360 e. The lowest BCUT2D eigenvalue weighted by Gasteiger charge is -2.06. The van der Waals surface area contributed by atoms with Gasteiger partial charge >= 0.3 is 23.0 Å². The second-order valence-electron chi connectivity index (χ2n) is 4.18. The Hall–Kier alpha value is -3.50. The molecule has 2 rings (SSSR count). The van der Waals surface area contributed by atoms with Gasteiger partial charge < -0.3 is 14.6 Å². The summed E-state index contributed by atoms with van der Waals surface area (Å²) in [6.07, 6.45) is 0. The molecule has 0 atom stereocenters. The maximum atomic E-state index is 11.5. The number of carbonyl (C=O) groups is 1. The van der Waals surface area contributed by atoms with Crippen LogP contribution in [0.5, 0.6) is 5.75 Å². The van der Waals surface area contributed by atoms with Crippen molar-refractivity contribution in [2.75, 3.05) is 0 Å². The summed E-state index contributed by atoms with van der Waals surface area (Å²) in [5.74, 6) is -2.93. The Morgan fingerprint density at radius 2 is 1.77 bits per heavy atom. The fourth-order valence-corrected chi connectivity index (χ4v) is 1.99. The van der Waals surface area contributed by atoms with Gasteiger partial charge in [-0.15, -0.1) is 0 Å². The van der Waals surface area contributed by atoms with Gasteiger partial charge in [0.25, 0.3) is 5.75 Å². The fourth-order valence-electron chi connectivity index (χ4n) is 1.99. The summed E-state index contributed by atoms with van der Waals surface area (Å²) in [4.78, 5) is 42.2. The zero-order chi connectivity index (χ0) is 16.8. The minimum atomic E-state index is -1.66. The number of nitro benzene ring substituents is 2. The molecule has 0 radical (unpaired) electrons. The van der Waals surface area contributed by atoms with Crippen molar-refractivity contribution in [1.82, 2.24) is 0 Å². The molecule has 1 aromatic heterocycles. The van der Waals surface area contributed by atoms with Crippen molar-refractivity contribution >= 4 is 28.3 Å². The number of benzene rings is 1. The third kappa shape index (κ3) is 2.00. The number of aryl methyl sites for hydroxylation is 1. The van der Waals surface area contributed by atoms with E-state index >= 15 is 0 Å². The van der Waals surface area contributed by atoms with Crippen LogP contribution in [-0.2, 0) is 0 Å². The minimum absolute atomic E-state index is 0.269. The molecule has 0 aliphatic carbocycles. The number of rotatable bonds is 3. The van der Waals surface area contributed by atoms with Crippen LogP contribution in [0, 0.1) is 27.2 Å². The van der Waals surface area contributed by atoms with Gasteiger partial charge in [-0.1, -0.05) is 0 Å². The van der Waals surface area contributed by atoms with E-state index in [9.17, 15) is 34.9 Å².